The Labute approximate surface area is 176 Å². The molecule has 0 fully saturated rings. The van der Waals surface area contributed by atoms with E-state index in [4.69, 9.17) is 10.5 Å². The third-order valence-corrected chi connectivity index (χ3v) is 4.68. The summed E-state index contributed by atoms with van der Waals surface area (Å²) in [5, 5.41) is 10.2. The van der Waals surface area contributed by atoms with Crippen LogP contribution in [-0.2, 0) is 13.0 Å². The molecule has 0 bridgehead atoms. The van der Waals surface area contributed by atoms with E-state index in [1.807, 2.05) is 0 Å². The van der Waals surface area contributed by atoms with Gasteiger partial charge in [-0.3, -0.25) is 4.79 Å². The Kier molecular flexibility index (Phi) is 5.70. The average molecular weight is 420 g/mol. The highest BCUT2D eigenvalue weighted by molar-refractivity contribution is 5.96. The maximum atomic E-state index is 13.7. The van der Waals surface area contributed by atoms with E-state index in [0.29, 0.717) is 29.0 Å². The Morgan fingerprint density at radius 3 is 2.35 bits per heavy atom. The first-order valence-corrected chi connectivity index (χ1v) is 9.45. The number of aromatic amines is 1. The van der Waals surface area contributed by atoms with Crippen molar-refractivity contribution in [1.29, 1.82) is 0 Å². The van der Waals surface area contributed by atoms with Crippen molar-refractivity contribution in [3.05, 3.63) is 101 Å². The monoisotopic (exact) mass is 420 g/mol. The van der Waals surface area contributed by atoms with Crippen molar-refractivity contribution in [2.45, 2.75) is 13.0 Å². The topological polar surface area (TPSA) is 93.9 Å². The molecule has 1 heterocycles. The minimum absolute atomic E-state index is 0.0186. The molecule has 0 spiro atoms. The number of carbonyl (C=O) groups excluding carboxylic acids is 1. The standard InChI is InChI=1S/C23H18F2N4O2/c24-18-5-1-3-14(10-18)9-17-12-16(21-22(23(26)30)28-29-27-21)7-8-20(17)31-13-15-4-2-6-19(25)11-15/h1-8,10-12H,9,13H2,(H2,26,30)(H,27,28,29). The van der Waals surface area contributed by atoms with Gasteiger partial charge in [0.25, 0.3) is 5.91 Å². The van der Waals surface area contributed by atoms with E-state index in [9.17, 15) is 13.6 Å². The number of amides is 1. The molecule has 3 N–H and O–H groups in total. The van der Waals surface area contributed by atoms with Crippen LogP contribution in [0.3, 0.4) is 0 Å². The van der Waals surface area contributed by atoms with Crippen LogP contribution in [0, 0.1) is 11.6 Å². The Bertz CT molecular complexity index is 1240. The number of primary amides is 1. The maximum Gasteiger partial charge on any atom is 0.271 e. The van der Waals surface area contributed by atoms with Crippen molar-refractivity contribution in [3.63, 3.8) is 0 Å². The zero-order chi connectivity index (χ0) is 21.8. The predicted octanol–water partition coefficient (Wildman–Crippen LogP) is 4.02. The number of nitrogens with zero attached hydrogens (tertiary/aromatic N) is 2. The summed E-state index contributed by atoms with van der Waals surface area (Å²) in [6, 6.07) is 17.6. The summed E-state index contributed by atoms with van der Waals surface area (Å²) < 4.78 is 33.1. The quantitative estimate of drug-likeness (QED) is 0.472. The molecule has 1 aromatic heterocycles. The van der Waals surface area contributed by atoms with Crippen LogP contribution in [0.5, 0.6) is 5.75 Å². The van der Waals surface area contributed by atoms with Crippen LogP contribution in [0.4, 0.5) is 8.78 Å². The van der Waals surface area contributed by atoms with Crippen LogP contribution in [-0.4, -0.2) is 21.3 Å². The number of carbonyl (C=O) groups is 1. The Morgan fingerprint density at radius 2 is 1.65 bits per heavy atom. The molecule has 4 rings (SSSR count). The molecular weight excluding hydrogens is 402 g/mol. The smallest absolute Gasteiger partial charge is 0.271 e. The fraction of sp³-hybridized carbons (Fsp3) is 0.0870. The number of ether oxygens (including phenoxy) is 1. The van der Waals surface area contributed by atoms with E-state index in [0.717, 1.165) is 11.1 Å². The number of hydrogen-bond acceptors (Lipinski definition) is 4. The van der Waals surface area contributed by atoms with Crippen molar-refractivity contribution < 1.29 is 18.3 Å². The number of H-pyrrole nitrogens is 1. The molecule has 0 radical (unpaired) electrons. The Balaban J connectivity index is 1.69. The summed E-state index contributed by atoms with van der Waals surface area (Å²) in [5.41, 5.74) is 8.45. The van der Waals surface area contributed by atoms with E-state index < -0.39 is 5.91 Å². The Hall–Kier alpha value is -4.07. The number of rotatable bonds is 7. The van der Waals surface area contributed by atoms with Gasteiger partial charge in [0.2, 0.25) is 0 Å². The van der Waals surface area contributed by atoms with Gasteiger partial charge in [-0.15, -0.1) is 0 Å². The lowest BCUT2D eigenvalue weighted by molar-refractivity contribution is 0.0996. The molecule has 6 nitrogen and oxygen atoms in total. The van der Waals surface area contributed by atoms with Crippen LogP contribution >= 0.6 is 0 Å². The molecule has 0 saturated heterocycles. The van der Waals surface area contributed by atoms with Gasteiger partial charge in [-0.1, -0.05) is 24.3 Å². The number of nitrogens with two attached hydrogens (primary N) is 1. The number of aromatic nitrogens is 3. The van der Waals surface area contributed by atoms with Gasteiger partial charge in [-0.05, 0) is 59.2 Å². The molecule has 1 amide bonds. The predicted molar refractivity (Wildman–Crippen MR) is 110 cm³/mol. The van der Waals surface area contributed by atoms with Gasteiger partial charge in [0, 0.05) is 12.0 Å². The van der Waals surface area contributed by atoms with Crippen molar-refractivity contribution in [3.8, 4) is 17.0 Å². The van der Waals surface area contributed by atoms with Crippen molar-refractivity contribution in [1.82, 2.24) is 15.4 Å². The molecule has 0 aliphatic rings. The van der Waals surface area contributed by atoms with Crippen molar-refractivity contribution >= 4 is 5.91 Å². The van der Waals surface area contributed by atoms with Crippen LogP contribution in [0.2, 0.25) is 0 Å². The number of nitrogens with one attached hydrogen (secondary N) is 1. The molecular formula is C23H18F2N4O2. The van der Waals surface area contributed by atoms with E-state index in [1.165, 1.54) is 24.3 Å². The molecule has 0 aliphatic carbocycles. The molecule has 3 aromatic carbocycles. The highest BCUT2D eigenvalue weighted by atomic mass is 19.1. The summed E-state index contributed by atoms with van der Waals surface area (Å²) in [6.45, 7) is 0.157. The third kappa shape index (κ3) is 4.75. The van der Waals surface area contributed by atoms with E-state index in [2.05, 4.69) is 15.4 Å². The fourth-order valence-corrected chi connectivity index (χ4v) is 3.26. The normalized spacial score (nSPS) is 10.8. The van der Waals surface area contributed by atoms with Gasteiger partial charge in [0.1, 0.15) is 29.7 Å². The number of hydrogen-bond donors (Lipinski definition) is 2. The second kappa shape index (κ2) is 8.74. The molecule has 0 atom stereocenters. The molecule has 156 valence electrons. The second-order valence-electron chi connectivity index (χ2n) is 6.93. The fourth-order valence-electron chi connectivity index (χ4n) is 3.26. The first-order chi connectivity index (χ1) is 15.0. The van der Waals surface area contributed by atoms with E-state index in [1.54, 1.807) is 42.5 Å². The van der Waals surface area contributed by atoms with Gasteiger partial charge < -0.3 is 10.5 Å². The van der Waals surface area contributed by atoms with E-state index >= 15 is 0 Å². The lowest BCUT2D eigenvalue weighted by Gasteiger charge is -2.14. The van der Waals surface area contributed by atoms with Crippen LogP contribution in [0.25, 0.3) is 11.3 Å². The maximum absolute atomic E-state index is 13.7. The van der Waals surface area contributed by atoms with Gasteiger partial charge in [-0.2, -0.15) is 15.4 Å². The highest BCUT2D eigenvalue weighted by Crippen LogP contribution is 2.29. The summed E-state index contributed by atoms with van der Waals surface area (Å²) >= 11 is 0. The average Bonchev–Trinajstić information content (AvgIpc) is 3.23. The van der Waals surface area contributed by atoms with Gasteiger partial charge in [-0.25, -0.2) is 8.78 Å². The van der Waals surface area contributed by atoms with Gasteiger partial charge in [0.15, 0.2) is 5.69 Å². The highest BCUT2D eigenvalue weighted by Gasteiger charge is 2.17. The summed E-state index contributed by atoms with van der Waals surface area (Å²) in [4.78, 5) is 11.6. The van der Waals surface area contributed by atoms with E-state index in [-0.39, 0.29) is 23.9 Å². The number of benzene rings is 3. The molecule has 31 heavy (non-hydrogen) atoms. The molecule has 8 heteroatoms. The summed E-state index contributed by atoms with van der Waals surface area (Å²) in [5.74, 6) is -0.854. The van der Waals surface area contributed by atoms with Crippen LogP contribution in [0.15, 0.2) is 66.7 Å². The van der Waals surface area contributed by atoms with Gasteiger partial charge in [0.05, 0.1) is 0 Å². The minimum atomic E-state index is -0.707. The second-order valence-corrected chi connectivity index (χ2v) is 6.93. The van der Waals surface area contributed by atoms with Crippen molar-refractivity contribution in [2.24, 2.45) is 5.73 Å². The minimum Gasteiger partial charge on any atom is -0.489 e. The van der Waals surface area contributed by atoms with Gasteiger partial charge >= 0.3 is 0 Å². The lowest BCUT2D eigenvalue weighted by atomic mass is 9.99. The zero-order valence-corrected chi connectivity index (χ0v) is 16.3. The number of halogens is 2. The molecule has 4 aromatic rings. The third-order valence-electron chi connectivity index (χ3n) is 4.68. The zero-order valence-electron chi connectivity index (χ0n) is 16.3. The van der Waals surface area contributed by atoms with Crippen LogP contribution in [0.1, 0.15) is 27.2 Å². The SMILES string of the molecule is NC(=O)c1n[nH]nc1-c1ccc(OCc2cccc(F)c2)c(Cc2cccc(F)c2)c1. The first-order valence-electron chi connectivity index (χ1n) is 9.45. The summed E-state index contributed by atoms with van der Waals surface area (Å²) in [7, 11) is 0. The van der Waals surface area contributed by atoms with Crippen LogP contribution < -0.4 is 10.5 Å². The Morgan fingerprint density at radius 1 is 0.935 bits per heavy atom. The molecule has 0 unspecified atom stereocenters. The lowest BCUT2D eigenvalue weighted by Crippen LogP contribution is -2.12. The molecule has 0 aliphatic heterocycles. The van der Waals surface area contributed by atoms with Crippen molar-refractivity contribution in [2.75, 3.05) is 0 Å². The molecule has 0 saturated carbocycles. The summed E-state index contributed by atoms with van der Waals surface area (Å²) in [6.07, 6.45) is 0.369. The largest absolute Gasteiger partial charge is 0.489 e. The first kappa shape index (κ1) is 20.2.